The minimum absolute atomic E-state index is 0.197. The van der Waals surface area contributed by atoms with E-state index in [-0.39, 0.29) is 12.8 Å². The third-order valence-corrected chi connectivity index (χ3v) is 3.64. The van der Waals surface area contributed by atoms with Gasteiger partial charge in [-0.3, -0.25) is 14.4 Å². The summed E-state index contributed by atoms with van der Waals surface area (Å²) in [6.45, 7) is 13.5. The first-order valence-electron chi connectivity index (χ1n) is 10.5. The number of hydrogen-bond donors (Lipinski definition) is 1. The molecular weight excluding hydrogens is 438 g/mol. The highest BCUT2D eigenvalue weighted by Gasteiger charge is 2.28. The number of hydrogen-bond acceptors (Lipinski definition) is 10. The fourth-order valence-corrected chi connectivity index (χ4v) is 1.86. The van der Waals surface area contributed by atoms with E-state index in [1.54, 1.807) is 62.3 Å². The van der Waals surface area contributed by atoms with Crippen molar-refractivity contribution in [2.45, 2.75) is 86.8 Å². The van der Waals surface area contributed by atoms with E-state index in [0.717, 1.165) is 0 Å². The minimum Gasteiger partial charge on any atom is -0.444 e. The highest BCUT2D eigenvalue weighted by Crippen LogP contribution is 2.16. The number of nitrogens with one attached hydrogen (secondary N) is 1. The number of ether oxygens (including phenoxy) is 5. The van der Waals surface area contributed by atoms with Crippen LogP contribution in [0.1, 0.15) is 75.2 Å². The molecule has 190 valence electrons. The van der Waals surface area contributed by atoms with Gasteiger partial charge in [-0.1, -0.05) is 0 Å². The molecule has 0 aromatic carbocycles. The molecule has 33 heavy (non-hydrogen) atoms. The number of rotatable bonds is 9. The van der Waals surface area contributed by atoms with Crippen molar-refractivity contribution in [1.82, 2.24) is 5.32 Å². The molecule has 0 aliphatic rings. The van der Waals surface area contributed by atoms with Gasteiger partial charge in [0.05, 0.1) is 10.8 Å². The van der Waals surface area contributed by atoms with Crippen LogP contribution in [0.5, 0.6) is 0 Å². The smallest absolute Gasteiger partial charge is 0.408 e. The molecule has 0 unspecified atom stereocenters. The molecule has 0 radical (unpaired) electrons. The van der Waals surface area contributed by atoms with Gasteiger partial charge in [-0.2, -0.15) is 0 Å². The van der Waals surface area contributed by atoms with E-state index in [0.29, 0.717) is 0 Å². The van der Waals surface area contributed by atoms with E-state index in [2.05, 4.69) is 5.32 Å². The number of esters is 4. The summed E-state index contributed by atoms with van der Waals surface area (Å²) in [6.07, 6.45) is -1.40. The Balaban J connectivity index is 4.87. The quantitative estimate of drug-likeness (QED) is 0.300. The lowest BCUT2D eigenvalue weighted by Crippen LogP contribution is -2.44. The first-order chi connectivity index (χ1) is 14.8. The number of carbonyl (C=O) groups excluding carboxylic acids is 5. The van der Waals surface area contributed by atoms with Gasteiger partial charge in [0.1, 0.15) is 11.6 Å². The largest absolute Gasteiger partial charge is 0.444 e. The third kappa shape index (κ3) is 14.0. The first kappa shape index (κ1) is 30.1. The zero-order valence-electron chi connectivity index (χ0n) is 21.0. The first-order valence-corrected chi connectivity index (χ1v) is 10.5. The van der Waals surface area contributed by atoms with E-state index in [1.807, 2.05) is 0 Å². The fourth-order valence-electron chi connectivity index (χ4n) is 1.86. The average Bonchev–Trinajstić information content (AvgIpc) is 2.61. The molecule has 1 atom stereocenters. The van der Waals surface area contributed by atoms with E-state index in [9.17, 15) is 24.0 Å². The van der Waals surface area contributed by atoms with Crippen LogP contribution in [-0.2, 0) is 42.9 Å². The SMILES string of the molecule is CC(C)(C)OC(=O)N[C@@H](CCC(=O)OCOC(=O)C(C)(C)C)C(=O)OCOC(=O)C(C)(C)C. The van der Waals surface area contributed by atoms with Gasteiger partial charge in [0.25, 0.3) is 0 Å². The molecule has 11 heteroatoms. The predicted octanol–water partition coefficient (Wildman–Crippen LogP) is 2.84. The van der Waals surface area contributed by atoms with Crippen LogP contribution < -0.4 is 5.32 Å². The molecule has 0 aliphatic carbocycles. The minimum atomic E-state index is -1.28. The van der Waals surface area contributed by atoms with Crippen molar-refractivity contribution in [2.24, 2.45) is 10.8 Å². The second-order valence-electron chi connectivity index (χ2n) is 10.3. The number of amides is 1. The van der Waals surface area contributed by atoms with Crippen molar-refractivity contribution in [3.05, 3.63) is 0 Å². The average molecular weight is 476 g/mol. The normalized spacial score (nSPS) is 12.8. The van der Waals surface area contributed by atoms with Gasteiger partial charge in [0.2, 0.25) is 13.6 Å². The van der Waals surface area contributed by atoms with Crippen LogP contribution in [0.3, 0.4) is 0 Å². The van der Waals surface area contributed by atoms with Gasteiger partial charge in [-0.05, 0) is 68.7 Å². The number of carbonyl (C=O) groups is 5. The summed E-state index contributed by atoms with van der Waals surface area (Å²) in [5.41, 5.74) is -2.37. The number of alkyl carbamates (subject to hydrolysis) is 1. The maximum atomic E-state index is 12.4. The predicted molar refractivity (Wildman–Crippen MR) is 115 cm³/mol. The summed E-state index contributed by atoms with van der Waals surface area (Å²) < 4.78 is 24.6. The molecule has 0 aliphatic heterocycles. The van der Waals surface area contributed by atoms with Gasteiger partial charge in [-0.25, -0.2) is 9.59 Å². The molecule has 0 saturated carbocycles. The van der Waals surface area contributed by atoms with Gasteiger partial charge >= 0.3 is 30.0 Å². The molecule has 0 aromatic rings. The summed E-state index contributed by atoms with van der Waals surface area (Å²) in [5.74, 6) is -2.83. The van der Waals surface area contributed by atoms with Gasteiger partial charge < -0.3 is 29.0 Å². The van der Waals surface area contributed by atoms with Gasteiger partial charge in [-0.15, -0.1) is 0 Å². The molecule has 0 saturated heterocycles. The Bertz CT molecular complexity index is 710. The van der Waals surface area contributed by atoms with Crippen molar-refractivity contribution in [1.29, 1.82) is 0 Å². The Hall–Kier alpha value is -2.85. The van der Waals surface area contributed by atoms with Crippen molar-refractivity contribution in [3.63, 3.8) is 0 Å². The van der Waals surface area contributed by atoms with Crippen LogP contribution >= 0.6 is 0 Å². The van der Waals surface area contributed by atoms with Crippen LogP contribution in [0.4, 0.5) is 4.79 Å². The van der Waals surface area contributed by atoms with Crippen LogP contribution in [0, 0.1) is 10.8 Å². The topological polar surface area (TPSA) is 144 Å². The van der Waals surface area contributed by atoms with E-state index in [4.69, 9.17) is 23.7 Å². The lowest BCUT2D eigenvalue weighted by Gasteiger charge is -2.23. The Morgan fingerprint density at radius 3 is 1.58 bits per heavy atom. The van der Waals surface area contributed by atoms with Crippen molar-refractivity contribution >= 4 is 30.0 Å². The summed E-state index contributed by atoms with van der Waals surface area (Å²) in [4.78, 5) is 59.9. The van der Waals surface area contributed by atoms with Crippen LogP contribution in [-0.4, -0.2) is 55.2 Å². The molecule has 0 aromatic heterocycles. The molecular formula is C22H37NO10. The lowest BCUT2D eigenvalue weighted by atomic mass is 9.97. The molecule has 0 heterocycles. The van der Waals surface area contributed by atoms with Crippen molar-refractivity contribution in [3.8, 4) is 0 Å². The summed E-state index contributed by atoms with van der Waals surface area (Å²) in [5, 5.41) is 2.32. The summed E-state index contributed by atoms with van der Waals surface area (Å²) in [7, 11) is 0. The van der Waals surface area contributed by atoms with E-state index < -0.39 is 66.0 Å². The highest BCUT2D eigenvalue weighted by atomic mass is 16.7. The fraction of sp³-hybridized carbons (Fsp3) is 0.773. The van der Waals surface area contributed by atoms with Gasteiger partial charge in [0.15, 0.2) is 0 Å². The third-order valence-electron chi connectivity index (χ3n) is 3.64. The monoisotopic (exact) mass is 475 g/mol. The van der Waals surface area contributed by atoms with Crippen molar-refractivity contribution < 1.29 is 47.7 Å². The van der Waals surface area contributed by atoms with Crippen LogP contribution in [0.25, 0.3) is 0 Å². The van der Waals surface area contributed by atoms with Crippen LogP contribution in [0.2, 0.25) is 0 Å². The Morgan fingerprint density at radius 2 is 1.15 bits per heavy atom. The molecule has 0 fully saturated rings. The Labute approximate surface area is 194 Å². The summed E-state index contributed by atoms with van der Waals surface area (Å²) >= 11 is 0. The van der Waals surface area contributed by atoms with E-state index >= 15 is 0 Å². The second kappa shape index (κ2) is 12.4. The molecule has 1 N–H and O–H groups in total. The molecule has 11 nitrogen and oxygen atoms in total. The van der Waals surface area contributed by atoms with Crippen molar-refractivity contribution in [2.75, 3.05) is 13.6 Å². The molecule has 0 bridgehead atoms. The molecule has 0 rings (SSSR count). The lowest BCUT2D eigenvalue weighted by molar-refractivity contribution is -0.174. The Kier molecular flexibility index (Phi) is 11.3. The second-order valence-corrected chi connectivity index (χ2v) is 10.3. The molecule has 1 amide bonds. The zero-order chi connectivity index (χ0) is 26.0. The zero-order valence-corrected chi connectivity index (χ0v) is 21.0. The summed E-state index contributed by atoms with van der Waals surface area (Å²) in [6, 6.07) is -1.28. The van der Waals surface area contributed by atoms with Crippen LogP contribution in [0.15, 0.2) is 0 Å². The highest BCUT2D eigenvalue weighted by molar-refractivity contribution is 5.82. The Morgan fingerprint density at radius 1 is 0.697 bits per heavy atom. The maximum absolute atomic E-state index is 12.4. The standard InChI is InChI=1S/C22H37NO10/c1-20(2,3)17(26)31-12-29-15(24)11-10-14(23-19(28)33-22(7,8)9)16(25)30-13-32-18(27)21(4,5)6/h14H,10-13H2,1-9H3,(H,23,28)/t14-/m0/s1. The maximum Gasteiger partial charge on any atom is 0.408 e. The van der Waals surface area contributed by atoms with Gasteiger partial charge in [0, 0.05) is 6.42 Å². The molecule has 0 spiro atoms. The van der Waals surface area contributed by atoms with E-state index in [1.165, 1.54) is 0 Å².